The normalized spacial score (nSPS) is 18.1. The molecule has 0 spiro atoms. The highest BCUT2D eigenvalue weighted by molar-refractivity contribution is 9.10. The number of nitrogens with one attached hydrogen (secondary N) is 1. The summed E-state index contributed by atoms with van der Waals surface area (Å²) in [6, 6.07) is 8.41. The van der Waals surface area contributed by atoms with Crippen molar-refractivity contribution in [2.75, 3.05) is 20.2 Å². The van der Waals surface area contributed by atoms with Gasteiger partial charge in [0.05, 0.1) is 12.7 Å². The molecular formula is C15H22BrNO. The predicted molar refractivity (Wildman–Crippen MR) is 78.7 cm³/mol. The molecule has 1 fully saturated rings. The molecule has 0 radical (unpaired) electrons. The van der Waals surface area contributed by atoms with E-state index in [1.165, 1.54) is 31.2 Å². The second-order valence-corrected chi connectivity index (χ2v) is 6.00. The summed E-state index contributed by atoms with van der Waals surface area (Å²) in [6.45, 7) is 1.77. The van der Waals surface area contributed by atoms with Crippen LogP contribution >= 0.6 is 15.9 Å². The van der Waals surface area contributed by atoms with Crippen LogP contribution in [0.25, 0.3) is 0 Å². The fourth-order valence-corrected chi connectivity index (χ4v) is 3.01. The number of halogens is 1. The Bertz CT molecular complexity index is 363. The standard InChI is InChI=1S/C15H22BrNO/c1-17-10-15(13-7-4-8-14(16)9-13)18-11-12-5-2-3-6-12/h4,7-9,12,15,17H,2-3,5-6,10-11H2,1H3. The Hall–Kier alpha value is -0.380. The van der Waals surface area contributed by atoms with Gasteiger partial charge < -0.3 is 10.1 Å². The molecule has 2 nitrogen and oxygen atoms in total. The van der Waals surface area contributed by atoms with Gasteiger partial charge in [-0.1, -0.05) is 40.9 Å². The SMILES string of the molecule is CNCC(OCC1CCCC1)c1cccc(Br)c1. The van der Waals surface area contributed by atoms with Gasteiger partial charge in [0.1, 0.15) is 0 Å². The zero-order chi connectivity index (χ0) is 12.8. The zero-order valence-electron chi connectivity index (χ0n) is 11.0. The molecule has 100 valence electrons. The van der Waals surface area contributed by atoms with Crippen molar-refractivity contribution in [2.24, 2.45) is 5.92 Å². The number of hydrogen-bond donors (Lipinski definition) is 1. The summed E-state index contributed by atoms with van der Waals surface area (Å²) in [5.74, 6) is 0.775. The minimum atomic E-state index is 0.160. The molecule has 0 aromatic heterocycles. The van der Waals surface area contributed by atoms with Crippen LogP contribution in [0.5, 0.6) is 0 Å². The maximum Gasteiger partial charge on any atom is 0.0949 e. The molecule has 0 heterocycles. The van der Waals surface area contributed by atoms with E-state index in [1.54, 1.807) is 0 Å². The first-order chi connectivity index (χ1) is 8.79. The molecule has 1 aromatic rings. The van der Waals surface area contributed by atoms with Crippen molar-refractivity contribution in [3.05, 3.63) is 34.3 Å². The van der Waals surface area contributed by atoms with Gasteiger partial charge in [-0.3, -0.25) is 0 Å². The molecule has 1 N–H and O–H groups in total. The molecule has 0 aliphatic heterocycles. The first kappa shape index (κ1) is 14.0. The molecule has 2 rings (SSSR count). The van der Waals surface area contributed by atoms with Gasteiger partial charge in [0, 0.05) is 11.0 Å². The van der Waals surface area contributed by atoms with Crippen LogP contribution in [-0.2, 0) is 4.74 Å². The van der Waals surface area contributed by atoms with Gasteiger partial charge in [-0.15, -0.1) is 0 Å². The minimum absolute atomic E-state index is 0.160. The zero-order valence-corrected chi connectivity index (χ0v) is 12.6. The van der Waals surface area contributed by atoms with Crippen molar-refractivity contribution in [3.8, 4) is 0 Å². The van der Waals surface area contributed by atoms with Gasteiger partial charge in [0.15, 0.2) is 0 Å². The van der Waals surface area contributed by atoms with Crippen LogP contribution in [-0.4, -0.2) is 20.2 Å². The van der Waals surface area contributed by atoms with Crippen LogP contribution < -0.4 is 5.32 Å². The van der Waals surface area contributed by atoms with Crippen molar-refractivity contribution in [3.63, 3.8) is 0 Å². The Morgan fingerprint density at radius 1 is 1.39 bits per heavy atom. The minimum Gasteiger partial charge on any atom is -0.372 e. The molecular weight excluding hydrogens is 290 g/mol. The summed E-state index contributed by atoms with van der Waals surface area (Å²) in [5, 5.41) is 3.22. The van der Waals surface area contributed by atoms with E-state index < -0.39 is 0 Å². The van der Waals surface area contributed by atoms with Gasteiger partial charge in [-0.05, 0) is 43.5 Å². The summed E-state index contributed by atoms with van der Waals surface area (Å²) in [7, 11) is 1.98. The first-order valence-corrected chi connectivity index (χ1v) is 7.60. The van der Waals surface area contributed by atoms with E-state index in [1.807, 2.05) is 7.05 Å². The average Bonchev–Trinajstić information content (AvgIpc) is 2.87. The van der Waals surface area contributed by atoms with E-state index in [-0.39, 0.29) is 6.10 Å². The summed E-state index contributed by atoms with van der Waals surface area (Å²) < 4.78 is 7.24. The van der Waals surface area contributed by atoms with Crippen LogP contribution in [0.15, 0.2) is 28.7 Å². The van der Waals surface area contributed by atoms with Gasteiger partial charge in [0.25, 0.3) is 0 Å². The molecule has 1 aliphatic carbocycles. The Morgan fingerprint density at radius 2 is 2.17 bits per heavy atom. The van der Waals surface area contributed by atoms with Crippen LogP contribution in [0.3, 0.4) is 0 Å². The molecule has 1 unspecified atom stereocenters. The molecule has 18 heavy (non-hydrogen) atoms. The second kappa shape index (κ2) is 7.27. The Labute approximate surface area is 118 Å². The Kier molecular flexibility index (Phi) is 5.67. The molecule has 0 bridgehead atoms. The van der Waals surface area contributed by atoms with E-state index in [4.69, 9.17) is 4.74 Å². The molecule has 0 saturated heterocycles. The number of ether oxygens (including phenoxy) is 1. The van der Waals surface area contributed by atoms with Crippen molar-refractivity contribution in [2.45, 2.75) is 31.8 Å². The van der Waals surface area contributed by atoms with Crippen LogP contribution in [0.2, 0.25) is 0 Å². The van der Waals surface area contributed by atoms with E-state index in [2.05, 4.69) is 45.5 Å². The van der Waals surface area contributed by atoms with Gasteiger partial charge in [0.2, 0.25) is 0 Å². The third-order valence-corrected chi connectivity index (χ3v) is 4.11. The molecule has 1 aromatic carbocycles. The number of rotatable bonds is 6. The Balaban J connectivity index is 1.94. The lowest BCUT2D eigenvalue weighted by molar-refractivity contribution is 0.0305. The monoisotopic (exact) mass is 311 g/mol. The smallest absolute Gasteiger partial charge is 0.0949 e. The summed E-state index contributed by atoms with van der Waals surface area (Å²) in [5.41, 5.74) is 1.25. The lowest BCUT2D eigenvalue weighted by atomic mass is 10.1. The van der Waals surface area contributed by atoms with E-state index in [0.717, 1.165) is 23.5 Å². The first-order valence-electron chi connectivity index (χ1n) is 6.81. The highest BCUT2D eigenvalue weighted by atomic mass is 79.9. The number of benzene rings is 1. The van der Waals surface area contributed by atoms with E-state index in [9.17, 15) is 0 Å². The van der Waals surface area contributed by atoms with Gasteiger partial charge >= 0.3 is 0 Å². The van der Waals surface area contributed by atoms with Crippen LogP contribution in [0.1, 0.15) is 37.4 Å². The summed E-state index contributed by atoms with van der Waals surface area (Å²) in [4.78, 5) is 0. The number of likely N-dealkylation sites (N-methyl/N-ethyl adjacent to an activating group) is 1. The highest BCUT2D eigenvalue weighted by Gasteiger charge is 2.18. The predicted octanol–water partition coefficient (Wildman–Crippen LogP) is 3.92. The molecule has 1 atom stereocenters. The highest BCUT2D eigenvalue weighted by Crippen LogP contribution is 2.27. The van der Waals surface area contributed by atoms with E-state index in [0.29, 0.717) is 0 Å². The van der Waals surface area contributed by atoms with E-state index >= 15 is 0 Å². The van der Waals surface area contributed by atoms with Gasteiger partial charge in [-0.2, -0.15) is 0 Å². The maximum absolute atomic E-state index is 6.12. The molecule has 1 aliphatic rings. The van der Waals surface area contributed by atoms with Gasteiger partial charge in [-0.25, -0.2) is 0 Å². The maximum atomic E-state index is 6.12. The fraction of sp³-hybridized carbons (Fsp3) is 0.600. The molecule has 1 saturated carbocycles. The van der Waals surface area contributed by atoms with Crippen molar-refractivity contribution in [1.29, 1.82) is 0 Å². The lowest BCUT2D eigenvalue weighted by Gasteiger charge is -2.20. The average molecular weight is 312 g/mol. The van der Waals surface area contributed by atoms with Crippen LogP contribution in [0.4, 0.5) is 0 Å². The van der Waals surface area contributed by atoms with Crippen molar-refractivity contribution >= 4 is 15.9 Å². The third-order valence-electron chi connectivity index (χ3n) is 3.62. The summed E-state index contributed by atoms with van der Waals surface area (Å²) in [6.07, 6.45) is 5.59. The third kappa shape index (κ3) is 4.08. The summed E-state index contributed by atoms with van der Waals surface area (Å²) >= 11 is 3.52. The largest absolute Gasteiger partial charge is 0.372 e. The Morgan fingerprint density at radius 3 is 2.83 bits per heavy atom. The molecule has 0 amide bonds. The number of hydrogen-bond acceptors (Lipinski definition) is 2. The lowest BCUT2D eigenvalue weighted by Crippen LogP contribution is -2.21. The van der Waals surface area contributed by atoms with Crippen molar-refractivity contribution in [1.82, 2.24) is 5.32 Å². The molecule has 3 heteroatoms. The second-order valence-electron chi connectivity index (χ2n) is 5.09. The van der Waals surface area contributed by atoms with Crippen LogP contribution in [0, 0.1) is 5.92 Å². The quantitative estimate of drug-likeness (QED) is 0.860. The topological polar surface area (TPSA) is 21.3 Å². The van der Waals surface area contributed by atoms with Crippen molar-refractivity contribution < 1.29 is 4.74 Å². The fourth-order valence-electron chi connectivity index (χ4n) is 2.59.